The topological polar surface area (TPSA) is 62.0 Å². The van der Waals surface area contributed by atoms with E-state index >= 15 is 0 Å². The van der Waals surface area contributed by atoms with Crippen molar-refractivity contribution in [2.75, 3.05) is 6.54 Å². The molecule has 0 aliphatic heterocycles. The summed E-state index contributed by atoms with van der Waals surface area (Å²) >= 11 is 0. The second-order valence-corrected chi connectivity index (χ2v) is 6.57. The van der Waals surface area contributed by atoms with Crippen LogP contribution in [0.3, 0.4) is 0 Å². The van der Waals surface area contributed by atoms with Crippen LogP contribution in [0.5, 0.6) is 0 Å². The third-order valence-corrected chi connectivity index (χ3v) is 4.39. The van der Waals surface area contributed by atoms with Crippen LogP contribution in [0.15, 0.2) is 58.9 Å². The molecule has 0 bridgehead atoms. The van der Waals surface area contributed by atoms with Gasteiger partial charge in [0.05, 0.1) is 0 Å². The molecule has 3 aromatic rings. The molecule has 1 aromatic heterocycles. The molecule has 0 saturated carbocycles. The molecule has 0 aliphatic rings. The van der Waals surface area contributed by atoms with E-state index in [4.69, 9.17) is 0 Å². The van der Waals surface area contributed by atoms with E-state index in [1.54, 1.807) is 25.1 Å². The number of aromatic nitrogens is 1. The summed E-state index contributed by atoms with van der Waals surface area (Å²) in [7, 11) is 0. The quantitative estimate of drug-likeness (QED) is 0.678. The Morgan fingerprint density at radius 2 is 1.96 bits per heavy atom. The number of fused-ring (bicyclic) bond motifs is 1. The SMILES string of the molecule is C/C(=C\c1ccccc1F)C(=O)NCCc1cc2ccc(C)cc2[nH]c1=O. The molecule has 0 fully saturated rings. The third-order valence-electron chi connectivity index (χ3n) is 4.39. The second kappa shape index (κ2) is 7.99. The van der Waals surface area contributed by atoms with Crippen LogP contribution in [-0.4, -0.2) is 17.4 Å². The predicted molar refractivity (Wildman–Crippen MR) is 106 cm³/mol. The summed E-state index contributed by atoms with van der Waals surface area (Å²) in [5.74, 6) is -0.659. The Labute approximate surface area is 156 Å². The van der Waals surface area contributed by atoms with E-state index in [1.165, 1.54) is 12.1 Å². The highest BCUT2D eigenvalue weighted by atomic mass is 19.1. The highest BCUT2D eigenvalue weighted by molar-refractivity contribution is 5.97. The molecular weight excluding hydrogens is 343 g/mol. The van der Waals surface area contributed by atoms with Gasteiger partial charge in [0.25, 0.3) is 5.56 Å². The van der Waals surface area contributed by atoms with Gasteiger partial charge in [0.15, 0.2) is 0 Å². The van der Waals surface area contributed by atoms with Crippen LogP contribution in [0.4, 0.5) is 4.39 Å². The predicted octanol–water partition coefficient (Wildman–Crippen LogP) is 3.74. The fraction of sp³-hybridized carbons (Fsp3) is 0.182. The van der Waals surface area contributed by atoms with Gasteiger partial charge >= 0.3 is 0 Å². The largest absolute Gasteiger partial charge is 0.352 e. The number of hydrogen-bond acceptors (Lipinski definition) is 2. The summed E-state index contributed by atoms with van der Waals surface area (Å²) < 4.78 is 13.7. The maximum Gasteiger partial charge on any atom is 0.251 e. The van der Waals surface area contributed by atoms with E-state index in [2.05, 4.69) is 10.3 Å². The lowest BCUT2D eigenvalue weighted by Crippen LogP contribution is -2.28. The first kappa shape index (κ1) is 18.6. The summed E-state index contributed by atoms with van der Waals surface area (Å²) in [5, 5.41) is 3.73. The van der Waals surface area contributed by atoms with Crippen molar-refractivity contribution in [3.63, 3.8) is 0 Å². The monoisotopic (exact) mass is 364 g/mol. The lowest BCUT2D eigenvalue weighted by molar-refractivity contribution is -0.117. The number of pyridine rings is 1. The molecule has 27 heavy (non-hydrogen) atoms. The molecule has 0 saturated heterocycles. The molecule has 4 nitrogen and oxygen atoms in total. The summed E-state index contributed by atoms with van der Waals surface area (Å²) in [6.07, 6.45) is 1.92. The molecule has 2 aromatic carbocycles. The number of carbonyl (C=O) groups excluding carboxylic acids is 1. The van der Waals surface area contributed by atoms with Gasteiger partial charge in [-0.25, -0.2) is 4.39 Å². The van der Waals surface area contributed by atoms with Crippen LogP contribution in [0, 0.1) is 12.7 Å². The van der Waals surface area contributed by atoms with Crippen LogP contribution < -0.4 is 10.9 Å². The van der Waals surface area contributed by atoms with Gasteiger partial charge in [0.1, 0.15) is 5.82 Å². The van der Waals surface area contributed by atoms with Gasteiger partial charge in [0, 0.05) is 28.8 Å². The number of aromatic amines is 1. The smallest absolute Gasteiger partial charge is 0.251 e. The summed E-state index contributed by atoms with van der Waals surface area (Å²) in [5.41, 5.74) is 3.12. The van der Waals surface area contributed by atoms with E-state index in [0.29, 0.717) is 29.7 Å². The van der Waals surface area contributed by atoms with Crippen LogP contribution in [0.2, 0.25) is 0 Å². The second-order valence-electron chi connectivity index (χ2n) is 6.57. The average molecular weight is 364 g/mol. The molecule has 0 unspecified atom stereocenters. The van der Waals surface area contributed by atoms with E-state index < -0.39 is 0 Å². The van der Waals surface area contributed by atoms with E-state index in [0.717, 1.165) is 16.5 Å². The van der Waals surface area contributed by atoms with Crippen molar-refractivity contribution in [2.45, 2.75) is 20.3 Å². The molecule has 5 heteroatoms. The molecule has 1 amide bonds. The minimum Gasteiger partial charge on any atom is -0.352 e. The Morgan fingerprint density at radius 1 is 1.19 bits per heavy atom. The van der Waals surface area contributed by atoms with Crippen LogP contribution >= 0.6 is 0 Å². The van der Waals surface area contributed by atoms with E-state index in [9.17, 15) is 14.0 Å². The van der Waals surface area contributed by atoms with Crippen molar-refractivity contribution < 1.29 is 9.18 Å². The van der Waals surface area contributed by atoms with E-state index in [-0.39, 0.29) is 17.3 Å². The van der Waals surface area contributed by atoms with Crippen molar-refractivity contribution in [3.8, 4) is 0 Å². The number of carbonyl (C=O) groups is 1. The first-order valence-corrected chi connectivity index (χ1v) is 8.77. The normalized spacial score (nSPS) is 11.6. The molecule has 0 spiro atoms. The number of benzene rings is 2. The molecule has 1 heterocycles. The third kappa shape index (κ3) is 4.50. The fourth-order valence-corrected chi connectivity index (χ4v) is 2.89. The molecule has 0 radical (unpaired) electrons. The Balaban J connectivity index is 1.65. The van der Waals surface area contributed by atoms with Crippen molar-refractivity contribution in [1.82, 2.24) is 10.3 Å². The number of nitrogens with one attached hydrogen (secondary N) is 2. The maximum absolute atomic E-state index is 13.7. The van der Waals surface area contributed by atoms with Gasteiger partial charge in [-0.1, -0.05) is 30.3 Å². The zero-order chi connectivity index (χ0) is 19.4. The number of aryl methyl sites for hydroxylation is 1. The zero-order valence-corrected chi connectivity index (χ0v) is 15.3. The lowest BCUT2D eigenvalue weighted by atomic mass is 10.1. The van der Waals surface area contributed by atoms with Crippen LogP contribution in [0.25, 0.3) is 17.0 Å². The standard InChI is InChI=1S/C22H21FN2O2/c1-14-7-8-17-13-18(22(27)25-20(17)11-14)9-10-24-21(26)15(2)12-16-5-3-4-6-19(16)23/h3-8,11-13H,9-10H2,1-2H3,(H,24,26)(H,25,27)/b15-12+. The Morgan fingerprint density at radius 3 is 2.74 bits per heavy atom. The number of hydrogen-bond donors (Lipinski definition) is 2. The molecular formula is C22H21FN2O2. The molecule has 0 aliphatic carbocycles. The summed E-state index contributed by atoms with van der Waals surface area (Å²) in [6, 6.07) is 14.0. The Kier molecular flexibility index (Phi) is 5.50. The Hall–Kier alpha value is -3.21. The van der Waals surface area contributed by atoms with E-state index in [1.807, 2.05) is 31.2 Å². The summed E-state index contributed by atoms with van der Waals surface area (Å²) in [4.78, 5) is 27.3. The highest BCUT2D eigenvalue weighted by Gasteiger charge is 2.08. The number of halogens is 1. The molecule has 0 atom stereocenters. The zero-order valence-electron chi connectivity index (χ0n) is 15.3. The number of amides is 1. The summed E-state index contributed by atoms with van der Waals surface area (Å²) in [6.45, 7) is 3.92. The number of rotatable bonds is 5. The van der Waals surface area contributed by atoms with Gasteiger partial charge in [-0.3, -0.25) is 9.59 Å². The van der Waals surface area contributed by atoms with Crippen LogP contribution in [-0.2, 0) is 11.2 Å². The minimum absolute atomic E-state index is 0.152. The maximum atomic E-state index is 13.7. The van der Waals surface area contributed by atoms with Crippen molar-refractivity contribution in [2.24, 2.45) is 0 Å². The van der Waals surface area contributed by atoms with Gasteiger partial charge in [-0.15, -0.1) is 0 Å². The van der Waals surface area contributed by atoms with Gasteiger partial charge in [-0.2, -0.15) is 0 Å². The lowest BCUT2D eigenvalue weighted by Gasteiger charge is -2.07. The van der Waals surface area contributed by atoms with Crippen molar-refractivity contribution in [1.29, 1.82) is 0 Å². The molecule has 2 N–H and O–H groups in total. The molecule has 138 valence electrons. The fourth-order valence-electron chi connectivity index (χ4n) is 2.89. The number of H-pyrrole nitrogens is 1. The van der Waals surface area contributed by atoms with Gasteiger partial charge in [0.2, 0.25) is 5.91 Å². The first-order chi connectivity index (χ1) is 12.9. The van der Waals surface area contributed by atoms with Gasteiger partial charge < -0.3 is 10.3 Å². The van der Waals surface area contributed by atoms with Crippen molar-refractivity contribution >= 4 is 22.9 Å². The Bertz CT molecular complexity index is 1080. The first-order valence-electron chi connectivity index (χ1n) is 8.77. The molecule has 3 rings (SSSR count). The van der Waals surface area contributed by atoms with Crippen LogP contribution in [0.1, 0.15) is 23.6 Å². The van der Waals surface area contributed by atoms with Gasteiger partial charge in [-0.05, 0) is 55.5 Å². The average Bonchev–Trinajstić information content (AvgIpc) is 2.64. The minimum atomic E-state index is -0.373. The van der Waals surface area contributed by atoms with Crippen molar-refractivity contribution in [3.05, 3.63) is 87.0 Å². The highest BCUT2D eigenvalue weighted by Crippen LogP contribution is 2.13.